The maximum Gasteiger partial charge on any atom is 0.0497 e. The Morgan fingerprint density at radius 1 is 1.50 bits per heavy atom. The average molecular weight is 142 g/mol. The largest absolute Gasteiger partial charge is 0.396 e. The van der Waals surface area contributed by atoms with Gasteiger partial charge in [0.1, 0.15) is 0 Å². The van der Waals surface area contributed by atoms with E-state index in [1.807, 2.05) is 0 Å². The molecular weight excluding hydrogens is 128 g/mol. The molecule has 0 unspecified atom stereocenters. The summed E-state index contributed by atoms with van der Waals surface area (Å²) in [5.74, 6) is 2.19. The maximum atomic E-state index is 8.80. The van der Waals surface area contributed by atoms with Gasteiger partial charge in [0.05, 0.1) is 0 Å². The van der Waals surface area contributed by atoms with E-state index >= 15 is 0 Å². The third-order valence-corrected chi connectivity index (χ3v) is 2.78. The monoisotopic (exact) mass is 142 g/mol. The van der Waals surface area contributed by atoms with E-state index in [0.29, 0.717) is 12.5 Å². The summed E-state index contributed by atoms with van der Waals surface area (Å²) in [6.07, 6.45) is 2.46. The van der Waals surface area contributed by atoms with E-state index in [2.05, 4.69) is 0 Å². The van der Waals surface area contributed by atoms with Crippen LogP contribution >= 0.6 is 0 Å². The molecule has 1 heterocycles. The molecule has 2 fully saturated rings. The van der Waals surface area contributed by atoms with E-state index in [1.165, 1.54) is 12.8 Å². The van der Waals surface area contributed by atoms with Crippen LogP contribution in [0.15, 0.2) is 0 Å². The van der Waals surface area contributed by atoms with Gasteiger partial charge in [-0.25, -0.2) is 0 Å². The lowest BCUT2D eigenvalue weighted by Crippen LogP contribution is -2.04. The fourth-order valence-electron chi connectivity index (χ4n) is 1.95. The van der Waals surface area contributed by atoms with Gasteiger partial charge in [0.2, 0.25) is 0 Å². The van der Waals surface area contributed by atoms with Crippen molar-refractivity contribution < 1.29 is 9.84 Å². The molecule has 3 atom stereocenters. The first kappa shape index (κ1) is 6.62. The molecule has 2 nitrogen and oxygen atoms in total. The van der Waals surface area contributed by atoms with Crippen molar-refractivity contribution in [3.8, 4) is 0 Å². The molecule has 2 heteroatoms. The molecule has 0 bridgehead atoms. The lowest BCUT2D eigenvalue weighted by molar-refractivity contribution is 0.178. The van der Waals surface area contributed by atoms with Gasteiger partial charge in [-0.15, -0.1) is 0 Å². The van der Waals surface area contributed by atoms with Crippen LogP contribution in [0.5, 0.6) is 0 Å². The molecule has 0 amide bonds. The van der Waals surface area contributed by atoms with Crippen molar-refractivity contribution in [1.29, 1.82) is 0 Å². The molecule has 1 saturated heterocycles. The van der Waals surface area contributed by atoms with Crippen molar-refractivity contribution in [2.45, 2.75) is 12.8 Å². The predicted molar refractivity (Wildman–Crippen MR) is 37.6 cm³/mol. The summed E-state index contributed by atoms with van der Waals surface area (Å²) in [6, 6.07) is 0. The van der Waals surface area contributed by atoms with Gasteiger partial charge in [-0.05, 0) is 30.6 Å². The Morgan fingerprint density at radius 3 is 2.90 bits per heavy atom. The Morgan fingerprint density at radius 2 is 2.40 bits per heavy atom. The lowest BCUT2D eigenvalue weighted by atomic mass is 10.0. The fraction of sp³-hybridized carbons (Fsp3) is 1.00. The molecule has 10 heavy (non-hydrogen) atoms. The quantitative estimate of drug-likeness (QED) is 0.613. The van der Waals surface area contributed by atoms with Crippen molar-refractivity contribution in [2.24, 2.45) is 17.8 Å². The van der Waals surface area contributed by atoms with Crippen LogP contribution in [0.1, 0.15) is 12.8 Å². The summed E-state index contributed by atoms with van der Waals surface area (Å²) < 4.78 is 5.27. The van der Waals surface area contributed by atoms with E-state index in [9.17, 15) is 0 Å². The van der Waals surface area contributed by atoms with Gasteiger partial charge < -0.3 is 9.84 Å². The summed E-state index contributed by atoms with van der Waals surface area (Å²) in [7, 11) is 0. The minimum Gasteiger partial charge on any atom is -0.396 e. The van der Waals surface area contributed by atoms with Gasteiger partial charge in [-0.3, -0.25) is 0 Å². The number of ether oxygens (including phenoxy) is 1. The molecule has 0 radical (unpaired) electrons. The highest BCUT2D eigenvalue weighted by Gasteiger charge is 2.43. The Hall–Kier alpha value is -0.0800. The predicted octanol–water partition coefficient (Wildman–Crippen LogP) is 0.651. The summed E-state index contributed by atoms with van der Waals surface area (Å²) in [5, 5.41) is 8.80. The van der Waals surface area contributed by atoms with Gasteiger partial charge in [0, 0.05) is 19.8 Å². The Kier molecular flexibility index (Phi) is 1.66. The van der Waals surface area contributed by atoms with E-state index in [0.717, 1.165) is 25.0 Å². The van der Waals surface area contributed by atoms with Gasteiger partial charge in [-0.1, -0.05) is 0 Å². The Balaban J connectivity index is 1.79. The molecule has 2 rings (SSSR count). The zero-order chi connectivity index (χ0) is 6.97. The van der Waals surface area contributed by atoms with Gasteiger partial charge >= 0.3 is 0 Å². The number of aliphatic hydroxyl groups is 1. The van der Waals surface area contributed by atoms with Gasteiger partial charge in [-0.2, -0.15) is 0 Å². The highest BCUT2D eigenvalue weighted by molar-refractivity contribution is 4.91. The van der Waals surface area contributed by atoms with E-state index in [1.54, 1.807) is 0 Å². The van der Waals surface area contributed by atoms with Crippen molar-refractivity contribution in [1.82, 2.24) is 0 Å². The molecule has 1 N–H and O–H groups in total. The first-order chi connectivity index (χ1) is 4.92. The first-order valence-electron chi connectivity index (χ1n) is 4.10. The number of hydrogen-bond donors (Lipinski definition) is 1. The van der Waals surface area contributed by atoms with Crippen molar-refractivity contribution in [2.75, 3.05) is 19.8 Å². The molecule has 0 aromatic carbocycles. The first-order valence-corrected chi connectivity index (χ1v) is 4.10. The molecule has 0 spiro atoms. The van der Waals surface area contributed by atoms with Crippen LogP contribution in [0.2, 0.25) is 0 Å². The van der Waals surface area contributed by atoms with Crippen LogP contribution in [-0.4, -0.2) is 24.9 Å². The SMILES string of the molecule is OC[C@@H]1C[C@H]1[C@H]1CCOC1. The number of rotatable bonds is 2. The van der Waals surface area contributed by atoms with Crippen LogP contribution in [0.25, 0.3) is 0 Å². The Bertz CT molecular complexity index is 118. The molecule has 58 valence electrons. The fourth-order valence-corrected chi connectivity index (χ4v) is 1.95. The number of aliphatic hydroxyl groups excluding tert-OH is 1. The van der Waals surface area contributed by atoms with Crippen molar-refractivity contribution in [3.63, 3.8) is 0 Å². The summed E-state index contributed by atoms with van der Waals surface area (Å²) in [6.45, 7) is 2.28. The van der Waals surface area contributed by atoms with Crippen LogP contribution in [0, 0.1) is 17.8 Å². The highest BCUT2D eigenvalue weighted by Crippen LogP contribution is 2.46. The molecule has 0 aromatic heterocycles. The number of hydrogen-bond acceptors (Lipinski definition) is 2. The van der Waals surface area contributed by atoms with Crippen molar-refractivity contribution >= 4 is 0 Å². The van der Waals surface area contributed by atoms with Crippen molar-refractivity contribution in [3.05, 3.63) is 0 Å². The molecule has 1 aliphatic carbocycles. The molecule has 2 aliphatic rings. The standard InChI is InChI=1S/C8H14O2/c9-4-7-3-8(7)6-1-2-10-5-6/h6-9H,1-5H2/t6-,7-,8-/m0/s1. The normalized spacial score (nSPS) is 45.9. The molecular formula is C8H14O2. The molecule has 1 saturated carbocycles. The lowest BCUT2D eigenvalue weighted by Gasteiger charge is -2.03. The summed E-state index contributed by atoms with van der Waals surface area (Å²) >= 11 is 0. The highest BCUT2D eigenvalue weighted by atomic mass is 16.5. The van der Waals surface area contributed by atoms with Crippen LogP contribution < -0.4 is 0 Å². The summed E-state index contributed by atoms with van der Waals surface area (Å²) in [5.41, 5.74) is 0. The average Bonchev–Trinajstić information content (AvgIpc) is 2.56. The second kappa shape index (κ2) is 2.51. The second-order valence-corrected chi connectivity index (χ2v) is 3.47. The van der Waals surface area contributed by atoms with E-state index < -0.39 is 0 Å². The molecule has 1 aliphatic heterocycles. The zero-order valence-electron chi connectivity index (χ0n) is 6.12. The second-order valence-electron chi connectivity index (χ2n) is 3.47. The smallest absolute Gasteiger partial charge is 0.0497 e. The van der Waals surface area contributed by atoms with Crippen LogP contribution in [-0.2, 0) is 4.74 Å². The maximum absolute atomic E-state index is 8.80. The summed E-state index contributed by atoms with van der Waals surface area (Å²) in [4.78, 5) is 0. The van der Waals surface area contributed by atoms with Gasteiger partial charge in [0.15, 0.2) is 0 Å². The van der Waals surface area contributed by atoms with Crippen LogP contribution in [0.3, 0.4) is 0 Å². The van der Waals surface area contributed by atoms with E-state index in [4.69, 9.17) is 9.84 Å². The Labute approximate surface area is 61.2 Å². The third-order valence-electron chi connectivity index (χ3n) is 2.78. The third kappa shape index (κ3) is 1.06. The van der Waals surface area contributed by atoms with Gasteiger partial charge in [0.25, 0.3) is 0 Å². The minimum atomic E-state index is 0.390. The van der Waals surface area contributed by atoms with E-state index in [-0.39, 0.29) is 0 Å². The minimum absolute atomic E-state index is 0.390. The topological polar surface area (TPSA) is 29.5 Å². The van der Waals surface area contributed by atoms with Crippen LogP contribution in [0.4, 0.5) is 0 Å². The molecule has 0 aromatic rings. The zero-order valence-corrected chi connectivity index (χ0v) is 6.12.